The van der Waals surface area contributed by atoms with E-state index in [2.05, 4.69) is 5.32 Å². The molecule has 0 radical (unpaired) electrons. The first kappa shape index (κ1) is 25.0. The van der Waals surface area contributed by atoms with E-state index in [0.29, 0.717) is 44.1 Å². The number of carbonyl (C=O) groups is 2. The molecule has 0 aliphatic carbocycles. The van der Waals surface area contributed by atoms with Gasteiger partial charge in [0.15, 0.2) is 0 Å². The molecule has 1 unspecified atom stereocenters. The van der Waals surface area contributed by atoms with E-state index in [1.165, 1.54) is 18.2 Å². The summed E-state index contributed by atoms with van der Waals surface area (Å²) in [5.74, 6) is 0.0407. The zero-order valence-corrected chi connectivity index (χ0v) is 19.2. The number of carbonyl (C=O) groups excluding carboxylic acids is 2. The van der Waals surface area contributed by atoms with Crippen LogP contribution in [-0.2, 0) is 15.7 Å². The second-order valence-corrected chi connectivity index (χ2v) is 8.63. The lowest BCUT2D eigenvalue weighted by molar-refractivity contribution is -0.137. The fraction of sp³-hybridized carbons (Fsp3) is 0.440. The second-order valence-electron chi connectivity index (χ2n) is 8.63. The van der Waals surface area contributed by atoms with E-state index < -0.39 is 17.6 Å². The van der Waals surface area contributed by atoms with Crippen LogP contribution >= 0.6 is 0 Å². The molecule has 0 aromatic heterocycles. The lowest BCUT2D eigenvalue weighted by atomic mass is 10.1. The molecule has 2 heterocycles. The van der Waals surface area contributed by atoms with Gasteiger partial charge >= 0.3 is 6.18 Å². The van der Waals surface area contributed by atoms with Crippen molar-refractivity contribution in [1.82, 2.24) is 9.80 Å². The Bertz CT molecular complexity index is 1020. The number of para-hydroxylation sites is 1. The van der Waals surface area contributed by atoms with Crippen LogP contribution in [0.15, 0.2) is 48.5 Å². The van der Waals surface area contributed by atoms with Gasteiger partial charge in [-0.25, -0.2) is 0 Å². The third kappa shape index (κ3) is 6.73. The summed E-state index contributed by atoms with van der Waals surface area (Å²) in [4.78, 5) is 28.7. The van der Waals surface area contributed by atoms with Crippen molar-refractivity contribution in [1.29, 1.82) is 0 Å². The summed E-state index contributed by atoms with van der Waals surface area (Å²) in [5.41, 5.74) is -0.599. The van der Waals surface area contributed by atoms with E-state index >= 15 is 0 Å². The molecule has 0 bridgehead atoms. The molecule has 0 spiro atoms. The Morgan fingerprint density at radius 2 is 1.74 bits per heavy atom. The third-order valence-electron chi connectivity index (χ3n) is 6.09. The van der Waals surface area contributed by atoms with Gasteiger partial charge in [0.1, 0.15) is 12.4 Å². The van der Waals surface area contributed by atoms with Gasteiger partial charge in [0.25, 0.3) is 5.91 Å². The fourth-order valence-corrected chi connectivity index (χ4v) is 4.18. The number of ether oxygens (including phenoxy) is 2. The van der Waals surface area contributed by atoms with E-state index in [1.807, 2.05) is 4.90 Å². The molecule has 4 rings (SSSR count). The molecule has 2 amide bonds. The first-order valence-corrected chi connectivity index (χ1v) is 11.6. The van der Waals surface area contributed by atoms with E-state index in [1.54, 1.807) is 29.2 Å². The number of nitrogens with one attached hydrogen (secondary N) is 1. The smallest absolute Gasteiger partial charge is 0.418 e. The van der Waals surface area contributed by atoms with Gasteiger partial charge in [-0.1, -0.05) is 12.1 Å². The van der Waals surface area contributed by atoms with Crippen molar-refractivity contribution in [3.05, 3.63) is 59.7 Å². The molecular weight excluding hydrogens is 463 g/mol. The molecule has 7 nitrogen and oxygen atoms in total. The molecule has 2 fully saturated rings. The van der Waals surface area contributed by atoms with E-state index in [4.69, 9.17) is 9.47 Å². The molecule has 35 heavy (non-hydrogen) atoms. The predicted octanol–water partition coefficient (Wildman–Crippen LogP) is 3.66. The topological polar surface area (TPSA) is 71.1 Å². The van der Waals surface area contributed by atoms with Crippen molar-refractivity contribution in [2.75, 3.05) is 51.3 Å². The van der Waals surface area contributed by atoms with E-state index in [-0.39, 0.29) is 24.2 Å². The van der Waals surface area contributed by atoms with Crippen LogP contribution in [0.5, 0.6) is 5.75 Å². The normalized spacial score (nSPS) is 18.9. The first-order chi connectivity index (χ1) is 16.8. The van der Waals surface area contributed by atoms with Crippen LogP contribution < -0.4 is 10.1 Å². The monoisotopic (exact) mass is 491 g/mol. The summed E-state index contributed by atoms with van der Waals surface area (Å²) in [6, 6.07) is 11.9. The highest BCUT2D eigenvalue weighted by Gasteiger charge is 2.33. The SMILES string of the molecule is O=C(CN1CCN(C(=O)c2ccc(OCC3CCCO3)cc2)CC1)Nc1ccccc1C(F)(F)F. The zero-order valence-electron chi connectivity index (χ0n) is 19.2. The molecule has 188 valence electrons. The van der Waals surface area contributed by atoms with E-state index in [9.17, 15) is 22.8 Å². The molecule has 2 saturated heterocycles. The van der Waals surface area contributed by atoms with Gasteiger partial charge in [-0.3, -0.25) is 14.5 Å². The summed E-state index contributed by atoms with van der Waals surface area (Å²) in [7, 11) is 0. The number of hydrogen-bond acceptors (Lipinski definition) is 5. The van der Waals surface area contributed by atoms with Gasteiger partial charge in [-0.2, -0.15) is 13.2 Å². The molecule has 1 N–H and O–H groups in total. The third-order valence-corrected chi connectivity index (χ3v) is 6.09. The number of benzene rings is 2. The summed E-state index contributed by atoms with van der Waals surface area (Å²) >= 11 is 0. The minimum absolute atomic E-state index is 0.0506. The highest BCUT2D eigenvalue weighted by atomic mass is 19.4. The number of anilines is 1. The van der Waals surface area contributed by atoms with Gasteiger partial charge in [0.2, 0.25) is 5.91 Å². The standard InChI is InChI=1S/C25H28F3N3O4/c26-25(27,28)21-5-1-2-6-22(21)29-23(32)16-30-11-13-31(14-12-30)24(33)18-7-9-19(10-8-18)35-17-20-4-3-15-34-20/h1-2,5-10,20H,3-4,11-17H2,(H,29,32). The van der Waals surface area contributed by atoms with Gasteiger partial charge in [-0.05, 0) is 49.2 Å². The minimum atomic E-state index is -4.55. The van der Waals surface area contributed by atoms with Gasteiger partial charge in [0, 0.05) is 38.3 Å². The molecule has 2 aliphatic rings. The lowest BCUT2D eigenvalue weighted by Gasteiger charge is -2.34. The maximum atomic E-state index is 13.1. The van der Waals surface area contributed by atoms with Crippen LogP contribution in [0.3, 0.4) is 0 Å². The van der Waals surface area contributed by atoms with E-state index in [0.717, 1.165) is 25.5 Å². The van der Waals surface area contributed by atoms with Gasteiger partial charge < -0.3 is 19.7 Å². The Labute approximate surface area is 201 Å². The lowest BCUT2D eigenvalue weighted by Crippen LogP contribution is -2.50. The number of piperazine rings is 1. The first-order valence-electron chi connectivity index (χ1n) is 11.6. The Morgan fingerprint density at radius 3 is 2.40 bits per heavy atom. The molecule has 0 saturated carbocycles. The summed E-state index contributed by atoms with van der Waals surface area (Å²) in [6.07, 6.45) is -2.39. The van der Waals surface area contributed by atoms with Gasteiger partial charge in [-0.15, -0.1) is 0 Å². The summed E-state index contributed by atoms with van der Waals surface area (Å²) < 4.78 is 50.7. The Kier molecular flexibility index (Phi) is 7.92. The quantitative estimate of drug-likeness (QED) is 0.640. The van der Waals surface area contributed by atoms with Crippen molar-refractivity contribution in [3.63, 3.8) is 0 Å². The second kappa shape index (κ2) is 11.1. The predicted molar refractivity (Wildman–Crippen MR) is 123 cm³/mol. The molecule has 10 heteroatoms. The number of halogens is 3. The van der Waals surface area contributed by atoms with Crippen molar-refractivity contribution in [2.45, 2.75) is 25.1 Å². The average molecular weight is 492 g/mol. The van der Waals surface area contributed by atoms with Crippen molar-refractivity contribution in [3.8, 4) is 5.75 Å². The number of amides is 2. The molecular formula is C25H28F3N3O4. The maximum absolute atomic E-state index is 13.1. The minimum Gasteiger partial charge on any atom is -0.491 e. The molecule has 2 aromatic carbocycles. The maximum Gasteiger partial charge on any atom is 0.418 e. The van der Waals surface area contributed by atoms with Crippen molar-refractivity contribution >= 4 is 17.5 Å². The van der Waals surface area contributed by atoms with Crippen LogP contribution in [0.1, 0.15) is 28.8 Å². The summed E-state index contributed by atoms with van der Waals surface area (Å²) in [6.45, 7) is 2.94. The van der Waals surface area contributed by atoms with Crippen LogP contribution in [0.25, 0.3) is 0 Å². The molecule has 2 aliphatic heterocycles. The van der Waals surface area contributed by atoms with Crippen LogP contribution in [0.2, 0.25) is 0 Å². The number of alkyl halides is 3. The number of hydrogen-bond donors (Lipinski definition) is 1. The highest BCUT2D eigenvalue weighted by Crippen LogP contribution is 2.34. The largest absolute Gasteiger partial charge is 0.491 e. The Morgan fingerprint density at radius 1 is 1.03 bits per heavy atom. The highest BCUT2D eigenvalue weighted by molar-refractivity contribution is 5.95. The Balaban J connectivity index is 1.23. The molecule has 2 aromatic rings. The fourth-order valence-electron chi connectivity index (χ4n) is 4.18. The van der Waals surface area contributed by atoms with Gasteiger partial charge in [0.05, 0.1) is 23.9 Å². The van der Waals surface area contributed by atoms with Crippen LogP contribution in [0, 0.1) is 0 Å². The summed E-state index contributed by atoms with van der Waals surface area (Å²) in [5, 5.41) is 2.36. The molecule has 1 atom stereocenters. The Hall–Kier alpha value is -3.11. The number of rotatable bonds is 7. The van der Waals surface area contributed by atoms with Crippen molar-refractivity contribution in [2.24, 2.45) is 0 Å². The van der Waals surface area contributed by atoms with Crippen molar-refractivity contribution < 1.29 is 32.2 Å². The van der Waals surface area contributed by atoms with Crippen LogP contribution in [0.4, 0.5) is 18.9 Å². The zero-order chi connectivity index (χ0) is 24.8. The van der Waals surface area contributed by atoms with Crippen LogP contribution in [-0.4, -0.2) is 73.7 Å². The average Bonchev–Trinajstić information content (AvgIpc) is 3.36. The number of nitrogens with zero attached hydrogens (tertiary/aromatic N) is 2.